The highest BCUT2D eigenvalue weighted by atomic mass is 35.7. The van der Waals surface area contributed by atoms with E-state index in [2.05, 4.69) is 0 Å². The summed E-state index contributed by atoms with van der Waals surface area (Å²) in [6.45, 7) is 0. The lowest BCUT2D eigenvalue weighted by Gasteiger charge is -2.24. The third-order valence-corrected chi connectivity index (χ3v) is 5.90. The van der Waals surface area contributed by atoms with Crippen molar-refractivity contribution in [3.63, 3.8) is 0 Å². The summed E-state index contributed by atoms with van der Waals surface area (Å²) in [5.74, 6) is 0. The minimum Gasteiger partial charge on any atom is -0.0836 e. The zero-order chi connectivity index (χ0) is 8.41. The highest BCUT2D eigenvalue weighted by Gasteiger charge is 2.46. The second kappa shape index (κ2) is 4.61. The van der Waals surface area contributed by atoms with Crippen LogP contribution in [0.4, 0.5) is 0 Å². The fraction of sp³-hybridized carbons (Fsp3) is 1.00. The van der Waals surface area contributed by atoms with Gasteiger partial charge >= 0.3 is 0 Å². The molecule has 0 heterocycles. The largest absolute Gasteiger partial charge is 0.233 e. The first-order chi connectivity index (χ1) is 4.31. The zero-order valence-electron chi connectivity index (χ0n) is 4.08. The lowest BCUT2D eigenvalue weighted by atomic mass is 10.9. The molecule has 0 bridgehead atoms. The average Bonchev–Trinajstić information content (AvgIpc) is 1.61. The van der Waals surface area contributed by atoms with E-state index in [9.17, 15) is 0 Å². The van der Waals surface area contributed by atoms with Gasteiger partial charge in [0.05, 0.1) is 0 Å². The lowest BCUT2D eigenvalue weighted by molar-refractivity contribution is 1.12. The van der Waals surface area contributed by atoms with Crippen molar-refractivity contribution in [2.75, 3.05) is 0 Å². The van der Waals surface area contributed by atoms with Gasteiger partial charge in [0.1, 0.15) is 0 Å². The fourth-order valence-corrected chi connectivity index (χ4v) is 3.63. The Bertz CT molecular complexity index is 107. The molecule has 0 aromatic rings. The van der Waals surface area contributed by atoms with Crippen LogP contribution in [-0.2, 0) is 0 Å². The van der Waals surface area contributed by atoms with E-state index in [1.807, 2.05) is 0 Å². The zero-order valence-corrected chi connectivity index (χ0v) is 10.3. The minimum atomic E-state index is -1.75. The summed E-state index contributed by atoms with van der Waals surface area (Å²) in [6.07, 6.45) is 0. The van der Waals surface area contributed by atoms with Crippen LogP contribution in [0, 0.1) is 0 Å². The number of rotatable bonds is 2. The van der Waals surface area contributed by atoms with Crippen molar-refractivity contribution in [3.05, 3.63) is 0 Å². The maximum absolute atomic E-state index is 5.54. The Morgan fingerprint density at radius 1 is 0.900 bits per heavy atom. The standard InChI is InChI=1S/C2Cl6S2/c3-1(4,5)2(6,7)9-10-8. The van der Waals surface area contributed by atoms with Crippen LogP contribution in [0.15, 0.2) is 0 Å². The fourth-order valence-electron chi connectivity index (χ4n) is 0.0868. The van der Waals surface area contributed by atoms with Gasteiger partial charge in [-0.2, -0.15) is 0 Å². The Morgan fingerprint density at radius 2 is 1.30 bits per heavy atom. The summed E-state index contributed by atoms with van der Waals surface area (Å²) >= 11 is 27.2. The van der Waals surface area contributed by atoms with Gasteiger partial charge in [0, 0.05) is 10.0 Å². The normalized spacial score (nSPS) is 13.8. The van der Waals surface area contributed by atoms with Crippen LogP contribution in [0.3, 0.4) is 0 Å². The molecule has 0 nitrogen and oxygen atoms in total. The van der Waals surface area contributed by atoms with Gasteiger partial charge in [-0.15, -0.1) is 0 Å². The van der Waals surface area contributed by atoms with E-state index in [0.717, 1.165) is 20.8 Å². The van der Waals surface area contributed by atoms with Crippen LogP contribution in [0.1, 0.15) is 0 Å². The quantitative estimate of drug-likeness (QED) is 0.518. The Labute approximate surface area is 96.1 Å². The molecule has 10 heavy (non-hydrogen) atoms. The van der Waals surface area contributed by atoms with Crippen molar-refractivity contribution in [1.82, 2.24) is 0 Å². The van der Waals surface area contributed by atoms with E-state index in [-0.39, 0.29) is 0 Å². The molecule has 0 saturated carbocycles. The van der Waals surface area contributed by atoms with E-state index in [0.29, 0.717) is 0 Å². The third kappa shape index (κ3) is 3.90. The lowest BCUT2D eigenvalue weighted by Crippen LogP contribution is -2.25. The highest BCUT2D eigenvalue weighted by Crippen LogP contribution is 2.57. The predicted octanol–water partition coefficient (Wildman–Crippen LogP) is 5.02. The molecule has 0 unspecified atom stereocenters. The van der Waals surface area contributed by atoms with Crippen LogP contribution in [0.25, 0.3) is 0 Å². The van der Waals surface area contributed by atoms with Crippen molar-refractivity contribution in [2.24, 2.45) is 0 Å². The van der Waals surface area contributed by atoms with Crippen molar-refractivity contribution >= 4 is 89.5 Å². The van der Waals surface area contributed by atoms with Gasteiger partial charge in [0.2, 0.25) is 7.46 Å². The molecule has 62 valence electrons. The van der Waals surface area contributed by atoms with Crippen molar-refractivity contribution in [2.45, 2.75) is 7.46 Å². The van der Waals surface area contributed by atoms with Crippen LogP contribution >= 0.6 is 89.5 Å². The molecule has 0 amide bonds. The summed E-state index contributed by atoms with van der Waals surface area (Å²) in [4.78, 5) is 0. The first kappa shape index (κ1) is 12.4. The van der Waals surface area contributed by atoms with Gasteiger partial charge < -0.3 is 0 Å². The van der Waals surface area contributed by atoms with Gasteiger partial charge in [0.15, 0.2) is 0 Å². The van der Waals surface area contributed by atoms with Gasteiger partial charge in [-0.1, -0.05) is 58.0 Å². The van der Waals surface area contributed by atoms with Crippen LogP contribution < -0.4 is 0 Å². The molecule has 0 N–H and O–H groups in total. The first-order valence-electron chi connectivity index (χ1n) is 1.72. The highest BCUT2D eigenvalue weighted by molar-refractivity contribution is 8.86. The molecule has 0 saturated heterocycles. The van der Waals surface area contributed by atoms with Gasteiger partial charge in [0.25, 0.3) is 0 Å². The molecule has 0 atom stereocenters. The van der Waals surface area contributed by atoms with E-state index in [1.165, 1.54) is 0 Å². The molecular weight excluding hydrogens is 301 g/mol. The Kier molecular flexibility index (Phi) is 5.74. The van der Waals surface area contributed by atoms with Crippen LogP contribution in [0.2, 0.25) is 0 Å². The van der Waals surface area contributed by atoms with Crippen molar-refractivity contribution in [3.8, 4) is 0 Å². The van der Waals surface area contributed by atoms with Crippen LogP contribution in [0.5, 0.6) is 0 Å². The second-order valence-corrected chi connectivity index (χ2v) is 8.13. The molecule has 0 fully saturated rings. The van der Waals surface area contributed by atoms with Gasteiger partial charge in [-0.05, 0) is 21.5 Å². The number of alkyl halides is 5. The molecule has 0 aliphatic heterocycles. The molecule has 0 spiro atoms. The van der Waals surface area contributed by atoms with Crippen LogP contribution in [-0.4, -0.2) is 7.46 Å². The average molecular weight is 301 g/mol. The molecule has 8 heteroatoms. The van der Waals surface area contributed by atoms with E-state index < -0.39 is 7.46 Å². The topological polar surface area (TPSA) is 0 Å². The van der Waals surface area contributed by atoms with E-state index in [1.54, 1.807) is 0 Å². The first-order valence-corrected chi connectivity index (χ1v) is 6.59. The minimum absolute atomic E-state index is 0.807. The molecule has 0 rings (SSSR count). The molecule has 0 radical (unpaired) electrons. The van der Waals surface area contributed by atoms with Gasteiger partial charge in [-0.25, -0.2) is 0 Å². The SMILES string of the molecule is ClSSC(Cl)(Cl)C(Cl)(Cl)Cl. The molecule has 0 aromatic heterocycles. The van der Waals surface area contributed by atoms with Crippen molar-refractivity contribution in [1.29, 1.82) is 0 Å². The Hall–Kier alpha value is 2.44. The Balaban J connectivity index is 4.10. The number of halogens is 6. The summed E-state index contributed by atoms with van der Waals surface area (Å²) in [6, 6.07) is 0. The van der Waals surface area contributed by atoms with Crippen molar-refractivity contribution < 1.29 is 0 Å². The maximum atomic E-state index is 5.54. The number of hydrogen-bond acceptors (Lipinski definition) is 2. The maximum Gasteiger partial charge on any atom is 0.233 e. The summed E-state index contributed by atoms with van der Waals surface area (Å²) in [5, 5.41) is 0. The molecular formula is C2Cl6S2. The second-order valence-electron chi connectivity index (χ2n) is 1.16. The smallest absolute Gasteiger partial charge is 0.0836 e. The monoisotopic (exact) mass is 298 g/mol. The van der Waals surface area contributed by atoms with E-state index in [4.69, 9.17) is 68.7 Å². The predicted molar refractivity (Wildman–Crippen MR) is 55.8 cm³/mol. The molecule has 0 aromatic carbocycles. The molecule has 0 aliphatic rings. The summed E-state index contributed by atoms with van der Waals surface area (Å²) < 4.78 is -3.27. The third-order valence-electron chi connectivity index (χ3n) is 0.466. The van der Waals surface area contributed by atoms with Gasteiger partial charge in [-0.3, -0.25) is 0 Å². The molecule has 0 aliphatic carbocycles. The number of hydrogen-bond donors (Lipinski definition) is 0. The van der Waals surface area contributed by atoms with E-state index >= 15 is 0 Å². The summed E-state index contributed by atoms with van der Waals surface area (Å²) in [5.41, 5.74) is 0. The summed E-state index contributed by atoms with van der Waals surface area (Å²) in [7, 11) is 6.89. The Morgan fingerprint density at radius 3 is 1.40 bits per heavy atom.